The fourth-order valence-electron chi connectivity index (χ4n) is 3.87. The molecule has 0 spiro atoms. The number of aryl methyl sites for hydroxylation is 2. The van der Waals surface area contributed by atoms with Crippen LogP contribution in [-0.4, -0.2) is 30.5 Å². The molecule has 0 saturated heterocycles. The molecule has 0 unspecified atom stereocenters. The van der Waals surface area contributed by atoms with Gasteiger partial charge in [-0.25, -0.2) is 4.68 Å². The molecule has 2 aliphatic rings. The topological polar surface area (TPSA) is 77.6 Å². The lowest BCUT2D eigenvalue weighted by atomic mass is 10.1. The minimum atomic E-state index is -0.0907. The summed E-state index contributed by atoms with van der Waals surface area (Å²) in [5.41, 5.74) is 3.87. The summed E-state index contributed by atoms with van der Waals surface area (Å²) in [4.78, 5) is 12.9. The van der Waals surface area contributed by atoms with Gasteiger partial charge in [-0.2, -0.15) is 5.10 Å². The van der Waals surface area contributed by atoms with Crippen LogP contribution in [0, 0.1) is 6.92 Å². The van der Waals surface area contributed by atoms with Crippen LogP contribution in [0.1, 0.15) is 58.4 Å². The standard InChI is InChI=1S/C20H22N6O/c1-13-5-2-3-6-16(13)26-19(14-8-9-14)15(11-22-26)20(27)21-12-18-24-23-17-7-4-10-25(17)18/h2-3,5-6,11,14H,4,7-10,12H2,1H3,(H,21,27). The lowest BCUT2D eigenvalue weighted by molar-refractivity contribution is 0.0948. The molecule has 7 heteroatoms. The molecule has 3 aromatic rings. The zero-order valence-corrected chi connectivity index (χ0v) is 15.4. The number of nitrogens with zero attached hydrogens (tertiary/aromatic N) is 5. The number of nitrogens with one attached hydrogen (secondary N) is 1. The number of hydrogen-bond donors (Lipinski definition) is 1. The molecular formula is C20H22N6O. The van der Waals surface area contributed by atoms with E-state index < -0.39 is 0 Å². The zero-order chi connectivity index (χ0) is 18.4. The average molecular weight is 362 g/mol. The van der Waals surface area contributed by atoms with Crippen molar-refractivity contribution in [1.29, 1.82) is 0 Å². The molecule has 0 radical (unpaired) electrons. The Morgan fingerprint density at radius 3 is 2.93 bits per heavy atom. The number of carbonyl (C=O) groups excluding carboxylic acids is 1. The van der Waals surface area contributed by atoms with Crippen LogP contribution in [0.25, 0.3) is 5.69 Å². The molecule has 1 amide bonds. The van der Waals surface area contributed by atoms with Crippen molar-refractivity contribution in [3.63, 3.8) is 0 Å². The van der Waals surface area contributed by atoms with Crippen LogP contribution in [0.2, 0.25) is 0 Å². The Kier molecular flexibility index (Phi) is 3.81. The first-order valence-electron chi connectivity index (χ1n) is 9.55. The summed E-state index contributed by atoms with van der Waals surface area (Å²) in [5, 5.41) is 16.0. The van der Waals surface area contributed by atoms with Gasteiger partial charge < -0.3 is 9.88 Å². The highest BCUT2D eigenvalue weighted by Crippen LogP contribution is 2.42. The van der Waals surface area contributed by atoms with Gasteiger partial charge in [0.1, 0.15) is 5.82 Å². The van der Waals surface area contributed by atoms with E-state index in [0.717, 1.165) is 60.8 Å². The molecule has 3 heterocycles. The van der Waals surface area contributed by atoms with E-state index in [1.54, 1.807) is 6.20 Å². The van der Waals surface area contributed by atoms with Crippen LogP contribution in [0.4, 0.5) is 0 Å². The van der Waals surface area contributed by atoms with Crippen LogP contribution in [-0.2, 0) is 19.5 Å². The first kappa shape index (κ1) is 16.2. The molecule has 1 N–H and O–H groups in total. The normalized spacial score (nSPS) is 15.7. The monoisotopic (exact) mass is 362 g/mol. The Bertz CT molecular complexity index is 1010. The van der Waals surface area contributed by atoms with Crippen molar-refractivity contribution in [3.05, 3.63) is 58.9 Å². The van der Waals surface area contributed by atoms with Crippen LogP contribution in [0.3, 0.4) is 0 Å². The molecule has 0 bridgehead atoms. The van der Waals surface area contributed by atoms with E-state index >= 15 is 0 Å². The van der Waals surface area contributed by atoms with Gasteiger partial charge in [0.15, 0.2) is 5.82 Å². The van der Waals surface area contributed by atoms with E-state index in [2.05, 4.69) is 44.2 Å². The summed E-state index contributed by atoms with van der Waals surface area (Å²) in [5.74, 6) is 2.16. The Morgan fingerprint density at radius 2 is 2.11 bits per heavy atom. The fourth-order valence-corrected chi connectivity index (χ4v) is 3.87. The van der Waals surface area contributed by atoms with Crippen molar-refractivity contribution < 1.29 is 4.79 Å². The Hall–Kier alpha value is -2.96. The summed E-state index contributed by atoms with van der Waals surface area (Å²) in [6.45, 7) is 3.40. The second-order valence-corrected chi connectivity index (χ2v) is 7.39. The number of carbonyl (C=O) groups is 1. The van der Waals surface area contributed by atoms with Gasteiger partial charge in [0.25, 0.3) is 5.91 Å². The second kappa shape index (κ2) is 6.33. The molecule has 1 aromatic carbocycles. The fraction of sp³-hybridized carbons (Fsp3) is 0.400. The van der Waals surface area contributed by atoms with Crippen LogP contribution in [0.15, 0.2) is 30.5 Å². The third kappa shape index (κ3) is 2.83. The van der Waals surface area contributed by atoms with Gasteiger partial charge in [-0.05, 0) is 37.8 Å². The third-order valence-corrected chi connectivity index (χ3v) is 5.45. The highest BCUT2D eigenvalue weighted by atomic mass is 16.1. The zero-order valence-electron chi connectivity index (χ0n) is 15.4. The molecule has 27 heavy (non-hydrogen) atoms. The Labute approximate surface area is 157 Å². The van der Waals surface area contributed by atoms with E-state index in [0.29, 0.717) is 18.0 Å². The van der Waals surface area contributed by atoms with Gasteiger partial charge in [0.2, 0.25) is 0 Å². The molecule has 2 aromatic heterocycles. The van der Waals surface area contributed by atoms with Crippen molar-refractivity contribution in [3.8, 4) is 5.69 Å². The maximum Gasteiger partial charge on any atom is 0.255 e. The Balaban J connectivity index is 1.41. The summed E-state index contributed by atoms with van der Waals surface area (Å²) >= 11 is 0. The summed E-state index contributed by atoms with van der Waals surface area (Å²) in [6, 6.07) is 8.14. The first-order valence-corrected chi connectivity index (χ1v) is 9.55. The smallest absolute Gasteiger partial charge is 0.255 e. The first-order chi connectivity index (χ1) is 13.2. The van der Waals surface area contributed by atoms with Gasteiger partial charge in [-0.3, -0.25) is 4.79 Å². The molecule has 1 aliphatic carbocycles. The highest BCUT2D eigenvalue weighted by Gasteiger charge is 2.33. The summed E-state index contributed by atoms with van der Waals surface area (Å²) in [7, 11) is 0. The maximum atomic E-state index is 12.9. The minimum Gasteiger partial charge on any atom is -0.345 e. The van der Waals surface area contributed by atoms with Gasteiger partial charge in [0, 0.05) is 18.9 Å². The summed E-state index contributed by atoms with van der Waals surface area (Å²) in [6.07, 6.45) is 5.98. The molecule has 1 saturated carbocycles. The van der Waals surface area contributed by atoms with Gasteiger partial charge >= 0.3 is 0 Å². The van der Waals surface area contributed by atoms with E-state index in [1.807, 2.05) is 16.8 Å². The lowest BCUT2D eigenvalue weighted by Gasteiger charge is -2.11. The number of fused-ring (bicyclic) bond motifs is 1. The predicted molar refractivity (Wildman–Crippen MR) is 99.8 cm³/mol. The number of hydrogen-bond acceptors (Lipinski definition) is 4. The van der Waals surface area contributed by atoms with E-state index in [9.17, 15) is 4.79 Å². The van der Waals surface area contributed by atoms with E-state index in [4.69, 9.17) is 0 Å². The Morgan fingerprint density at radius 1 is 1.26 bits per heavy atom. The van der Waals surface area contributed by atoms with Crippen molar-refractivity contribution >= 4 is 5.91 Å². The summed E-state index contributed by atoms with van der Waals surface area (Å²) < 4.78 is 4.05. The van der Waals surface area contributed by atoms with Crippen molar-refractivity contribution in [2.75, 3.05) is 0 Å². The lowest BCUT2D eigenvalue weighted by Crippen LogP contribution is -2.25. The van der Waals surface area contributed by atoms with Crippen molar-refractivity contribution in [2.45, 2.75) is 51.6 Å². The van der Waals surface area contributed by atoms with Gasteiger partial charge in [0.05, 0.1) is 29.7 Å². The number of para-hydroxylation sites is 1. The molecule has 1 fully saturated rings. The minimum absolute atomic E-state index is 0.0907. The second-order valence-electron chi connectivity index (χ2n) is 7.39. The largest absolute Gasteiger partial charge is 0.345 e. The quantitative estimate of drug-likeness (QED) is 0.757. The number of aromatic nitrogens is 5. The highest BCUT2D eigenvalue weighted by molar-refractivity contribution is 5.95. The molecule has 5 rings (SSSR count). The number of amides is 1. The van der Waals surface area contributed by atoms with Crippen LogP contribution >= 0.6 is 0 Å². The maximum absolute atomic E-state index is 12.9. The molecule has 138 valence electrons. The van der Waals surface area contributed by atoms with Gasteiger partial charge in [-0.15, -0.1) is 10.2 Å². The van der Waals surface area contributed by atoms with Crippen LogP contribution in [0.5, 0.6) is 0 Å². The van der Waals surface area contributed by atoms with Gasteiger partial charge in [-0.1, -0.05) is 18.2 Å². The van der Waals surface area contributed by atoms with Crippen molar-refractivity contribution in [2.24, 2.45) is 0 Å². The van der Waals surface area contributed by atoms with Crippen LogP contribution < -0.4 is 5.32 Å². The molecule has 7 nitrogen and oxygen atoms in total. The predicted octanol–water partition coefficient (Wildman–Crippen LogP) is 2.53. The van der Waals surface area contributed by atoms with E-state index in [1.165, 1.54) is 0 Å². The van der Waals surface area contributed by atoms with E-state index in [-0.39, 0.29) is 5.91 Å². The average Bonchev–Trinajstić information content (AvgIpc) is 3.08. The van der Waals surface area contributed by atoms with Crippen molar-refractivity contribution in [1.82, 2.24) is 29.9 Å². The molecule has 0 atom stereocenters. The molecule has 1 aliphatic heterocycles. The number of rotatable bonds is 5. The SMILES string of the molecule is Cc1ccccc1-n1ncc(C(=O)NCc2nnc3n2CCC3)c1C1CC1. The number of benzene rings is 1. The molecular weight excluding hydrogens is 340 g/mol. The third-order valence-electron chi connectivity index (χ3n) is 5.45.